The summed E-state index contributed by atoms with van der Waals surface area (Å²) in [6.45, 7) is 7.79. The largest absolute Gasteiger partial charge is 0.497 e. The summed E-state index contributed by atoms with van der Waals surface area (Å²) in [4.78, 5) is 4.71. The zero-order valence-corrected chi connectivity index (χ0v) is 19.4. The number of ether oxygens (including phenoxy) is 2. The summed E-state index contributed by atoms with van der Waals surface area (Å²) >= 11 is 0. The van der Waals surface area contributed by atoms with Crippen LogP contribution in [0.15, 0.2) is 53.5 Å². The van der Waals surface area contributed by atoms with Crippen molar-refractivity contribution < 1.29 is 9.47 Å². The quantitative estimate of drug-likeness (QED) is 0.223. The van der Waals surface area contributed by atoms with Crippen molar-refractivity contribution in [3.63, 3.8) is 0 Å². The molecule has 0 spiro atoms. The average molecular weight is 497 g/mol. The number of guanidine groups is 1. The second-order valence-electron chi connectivity index (χ2n) is 6.33. The van der Waals surface area contributed by atoms with Crippen molar-refractivity contribution in [2.24, 2.45) is 4.99 Å². The fourth-order valence-corrected chi connectivity index (χ4v) is 2.49. The highest BCUT2D eigenvalue weighted by Gasteiger charge is 2.01. The Morgan fingerprint density at radius 3 is 2.29 bits per heavy atom. The van der Waals surface area contributed by atoms with Crippen LogP contribution >= 0.6 is 24.0 Å². The smallest absolute Gasteiger partial charge is 0.191 e. The van der Waals surface area contributed by atoms with Gasteiger partial charge >= 0.3 is 0 Å². The van der Waals surface area contributed by atoms with Gasteiger partial charge in [0.05, 0.1) is 13.7 Å². The number of halogens is 1. The molecule has 28 heavy (non-hydrogen) atoms. The van der Waals surface area contributed by atoms with E-state index >= 15 is 0 Å². The van der Waals surface area contributed by atoms with Gasteiger partial charge in [0.25, 0.3) is 0 Å². The maximum absolute atomic E-state index is 5.39. The van der Waals surface area contributed by atoms with Gasteiger partial charge in [-0.15, -0.1) is 24.0 Å². The van der Waals surface area contributed by atoms with E-state index in [1.807, 2.05) is 31.2 Å². The minimum Gasteiger partial charge on any atom is -0.497 e. The average Bonchev–Trinajstić information content (AvgIpc) is 2.71. The van der Waals surface area contributed by atoms with E-state index in [4.69, 9.17) is 14.5 Å². The lowest BCUT2D eigenvalue weighted by atomic mass is 10.1. The van der Waals surface area contributed by atoms with E-state index < -0.39 is 0 Å². The van der Waals surface area contributed by atoms with Crippen LogP contribution in [0.1, 0.15) is 30.0 Å². The van der Waals surface area contributed by atoms with Crippen molar-refractivity contribution in [3.05, 3.63) is 65.2 Å². The summed E-state index contributed by atoms with van der Waals surface area (Å²) in [6.07, 6.45) is 0.946. The maximum atomic E-state index is 5.39. The number of methoxy groups -OCH3 is 1. The lowest BCUT2D eigenvalue weighted by Crippen LogP contribution is -2.37. The normalized spacial score (nSPS) is 10.9. The van der Waals surface area contributed by atoms with Crippen molar-refractivity contribution >= 4 is 29.9 Å². The highest BCUT2D eigenvalue weighted by atomic mass is 127. The Morgan fingerprint density at radius 2 is 1.64 bits per heavy atom. The van der Waals surface area contributed by atoms with Gasteiger partial charge in [0, 0.05) is 26.3 Å². The minimum absolute atomic E-state index is 0. The van der Waals surface area contributed by atoms with Gasteiger partial charge in [-0.3, -0.25) is 0 Å². The standard InChI is InChI=1S/C22H31N3O2.HI/c1-4-27-15-5-14-23-22(24-16-19-8-6-18(2)7-9-19)25-17-20-10-12-21(26-3)13-11-20;/h6-13H,4-5,14-17H2,1-3H3,(H2,23,24,25);1H. The molecule has 0 atom stereocenters. The number of hydrogen-bond acceptors (Lipinski definition) is 3. The summed E-state index contributed by atoms with van der Waals surface area (Å²) in [7, 11) is 1.67. The third-order valence-electron chi connectivity index (χ3n) is 4.12. The van der Waals surface area contributed by atoms with E-state index in [2.05, 4.69) is 41.8 Å². The van der Waals surface area contributed by atoms with Gasteiger partial charge in [-0.05, 0) is 43.5 Å². The predicted molar refractivity (Wildman–Crippen MR) is 127 cm³/mol. The molecule has 0 aromatic heterocycles. The Balaban J connectivity index is 0.00000392. The molecule has 0 aliphatic carbocycles. The molecule has 0 aliphatic heterocycles. The molecular formula is C22H32IN3O2. The van der Waals surface area contributed by atoms with Gasteiger partial charge in [-0.2, -0.15) is 0 Å². The van der Waals surface area contributed by atoms with E-state index in [0.29, 0.717) is 6.54 Å². The van der Waals surface area contributed by atoms with Crippen LogP contribution in [0, 0.1) is 6.92 Å². The number of nitrogens with zero attached hydrogens (tertiary/aromatic N) is 1. The van der Waals surface area contributed by atoms with E-state index in [-0.39, 0.29) is 24.0 Å². The van der Waals surface area contributed by atoms with Crippen molar-refractivity contribution in [1.29, 1.82) is 0 Å². The third kappa shape index (κ3) is 9.41. The Kier molecular flexibility index (Phi) is 12.3. The van der Waals surface area contributed by atoms with Crippen molar-refractivity contribution in [3.8, 4) is 5.75 Å². The lowest BCUT2D eigenvalue weighted by Gasteiger charge is -2.13. The van der Waals surface area contributed by atoms with Crippen LogP contribution in [0.3, 0.4) is 0 Å². The first-order valence-electron chi connectivity index (χ1n) is 9.49. The van der Waals surface area contributed by atoms with Crippen LogP contribution in [0.25, 0.3) is 0 Å². The second-order valence-corrected chi connectivity index (χ2v) is 6.33. The first kappa shape index (κ1) is 24.2. The van der Waals surface area contributed by atoms with Crippen LogP contribution in [0.4, 0.5) is 0 Å². The Bertz CT molecular complexity index is 688. The zero-order chi connectivity index (χ0) is 19.3. The van der Waals surface area contributed by atoms with Crippen molar-refractivity contribution in [1.82, 2.24) is 10.6 Å². The fraction of sp³-hybridized carbons (Fsp3) is 0.409. The van der Waals surface area contributed by atoms with Crippen molar-refractivity contribution in [2.45, 2.75) is 33.4 Å². The SMILES string of the molecule is CCOCCCNC(=NCc1ccc(OC)cc1)NCc1ccc(C)cc1.I. The molecule has 2 aromatic rings. The number of nitrogens with one attached hydrogen (secondary N) is 2. The zero-order valence-electron chi connectivity index (χ0n) is 17.0. The number of hydrogen-bond donors (Lipinski definition) is 2. The fourth-order valence-electron chi connectivity index (χ4n) is 2.49. The first-order valence-corrected chi connectivity index (χ1v) is 9.49. The molecule has 0 aliphatic rings. The van der Waals surface area contributed by atoms with E-state index in [1.165, 1.54) is 11.1 Å². The Morgan fingerprint density at radius 1 is 0.964 bits per heavy atom. The van der Waals surface area contributed by atoms with Gasteiger partial charge in [-0.25, -0.2) is 4.99 Å². The lowest BCUT2D eigenvalue weighted by molar-refractivity contribution is 0.145. The van der Waals surface area contributed by atoms with Crippen LogP contribution < -0.4 is 15.4 Å². The second kappa shape index (κ2) is 14.2. The number of aliphatic imine (C=N–C) groups is 1. The summed E-state index contributed by atoms with van der Waals surface area (Å²) in [5.41, 5.74) is 3.64. The van der Waals surface area contributed by atoms with Gasteiger partial charge in [0.1, 0.15) is 5.75 Å². The molecule has 0 fully saturated rings. The first-order chi connectivity index (χ1) is 13.2. The highest BCUT2D eigenvalue weighted by molar-refractivity contribution is 14.0. The van der Waals surface area contributed by atoms with Crippen molar-refractivity contribution in [2.75, 3.05) is 26.9 Å². The predicted octanol–water partition coefficient (Wildman–Crippen LogP) is 4.28. The molecule has 154 valence electrons. The molecule has 5 nitrogen and oxygen atoms in total. The molecule has 0 saturated carbocycles. The molecule has 2 aromatic carbocycles. The molecule has 2 N–H and O–H groups in total. The molecule has 2 rings (SSSR count). The Labute approximate surface area is 186 Å². The van der Waals surface area contributed by atoms with Gasteiger partial charge in [0.2, 0.25) is 0 Å². The summed E-state index contributed by atoms with van der Waals surface area (Å²) in [6, 6.07) is 16.5. The number of aryl methyl sites for hydroxylation is 1. The molecular weight excluding hydrogens is 465 g/mol. The molecule has 6 heteroatoms. The monoisotopic (exact) mass is 497 g/mol. The summed E-state index contributed by atoms with van der Waals surface area (Å²) in [5, 5.41) is 6.80. The van der Waals surface area contributed by atoms with Gasteiger partial charge < -0.3 is 20.1 Å². The van der Waals surface area contributed by atoms with E-state index in [1.54, 1.807) is 7.11 Å². The number of benzene rings is 2. The molecule has 0 saturated heterocycles. The van der Waals surface area contributed by atoms with Crippen LogP contribution in [-0.2, 0) is 17.8 Å². The summed E-state index contributed by atoms with van der Waals surface area (Å²) < 4.78 is 10.6. The molecule has 0 bridgehead atoms. The molecule has 0 heterocycles. The van der Waals surface area contributed by atoms with Crippen LogP contribution in [0.2, 0.25) is 0 Å². The van der Waals surface area contributed by atoms with Gasteiger partial charge in [-0.1, -0.05) is 42.0 Å². The number of rotatable bonds is 10. The topological polar surface area (TPSA) is 54.9 Å². The van der Waals surface area contributed by atoms with E-state index in [0.717, 1.165) is 50.0 Å². The molecule has 0 amide bonds. The Hall–Kier alpha value is -1.80. The minimum atomic E-state index is 0. The molecule has 0 radical (unpaired) electrons. The highest BCUT2D eigenvalue weighted by Crippen LogP contribution is 2.11. The molecule has 0 unspecified atom stereocenters. The maximum Gasteiger partial charge on any atom is 0.191 e. The van der Waals surface area contributed by atoms with Gasteiger partial charge in [0.15, 0.2) is 5.96 Å². The summed E-state index contributed by atoms with van der Waals surface area (Å²) in [5.74, 6) is 1.66. The third-order valence-corrected chi connectivity index (χ3v) is 4.12. The van der Waals surface area contributed by atoms with E-state index in [9.17, 15) is 0 Å². The van der Waals surface area contributed by atoms with Crippen LogP contribution in [-0.4, -0.2) is 32.8 Å². The van der Waals surface area contributed by atoms with Crippen LogP contribution in [0.5, 0.6) is 5.75 Å².